The zero-order valence-electron chi connectivity index (χ0n) is 16.0. The van der Waals surface area contributed by atoms with Crippen LogP contribution in [0.5, 0.6) is 0 Å². The lowest BCUT2D eigenvalue weighted by Crippen LogP contribution is -2.45. The Labute approximate surface area is 160 Å². The lowest BCUT2D eigenvalue weighted by atomic mass is 10.0. The molecule has 142 valence electrons. The van der Waals surface area contributed by atoms with Crippen LogP contribution in [0.1, 0.15) is 31.2 Å². The van der Waals surface area contributed by atoms with E-state index in [0.717, 1.165) is 49.8 Å². The second kappa shape index (κ2) is 6.46. The molecular weight excluding hydrogens is 340 g/mol. The van der Waals surface area contributed by atoms with Crippen LogP contribution in [0.4, 0.5) is 17.3 Å². The average molecular weight is 366 g/mol. The van der Waals surface area contributed by atoms with Crippen molar-refractivity contribution in [1.29, 1.82) is 0 Å². The molecule has 3 aliphatic rings. The maximum atomic E-state index is 5.86. The minimum absolute atomic E-state index is 0.357. The minimum atomic E-state index is -0.357. The summed E-state index contributed by atoms with van der Waals surface area (Å²) in [5.74, 6) is 2.45. The first-order valence-corrected chi connectivity index (χ1v) is 9.89. The van der Waals surface area contributed by atoms with Crippen molar-refractivity contribution in [3.8, 4) is 0 Å². The number of ether oxygens (including phenoxy) is 2. The predicted octanol–water partition coefficient (Wildman–Crippen LogP) is 3.21. The summed E-state index contributed by atoms with van der Waals surface area (Å²) in [6, 6.07) is 11.2. The number of piperidine rings is 1. The van der Waals surface area contributed by atoms with E-state index in [2.05, 4.69) is 47.1 Å². The number of aromatic nitrogens is 2. The SMILES string of the molecule is Cc1nc(N2CCC3(CC2)OCCO3)cc(N2c3ccccc3CC2C)n1. The standard InChI is InChI=1S/C21H26N4O2/c1-15-13-17-5-3-4-6-18(17)25(15)20-14-19(22-16(2)23-20)24-9-7-21(8-10-24)26-11-12-27-21/h3-6,14-15H,7-13H2,1-2H3. The van der Waals surface area contributed by atoms with Gasteiger partial charge in [-0.1, -0.05) is 18.2 Å². The topological polar surface area (TPSA) is 50.7 Å². The molecule has 1 aromatic heterocycles. The highest BCUT2D eigenvalue weighted by Crippen LogP contribution is 2.39. The summed E-state index contributed by atoms with van der Waals surface area (Å²) >= 11 is 0. The molecule has 1 aromatic carbocycles. The van der Waals surface area contributed by atoms with Crippen molar-refractivity contribution in [1.82, 2.24) is 9.97 Å². The Morgan fingerprint density at radius 1 is 1.04 bits per heavy atom. The smallest absolute Gasteiger partial charge is 0.171 e. The summed E-state index contributed by atoms with van der Waals surface area (Å²) in [5.41, 5.74) is 2.65. The Balaban J connectivity index is 1.42. The van der Waals surface area contributed by atoms with Gasteiger partial charge in [0.1, 0.15) is 17.5 Å². The maximum absolute atomic E-state index is 5.86. The van der Waals surface area contributed by atoms with Crippen molar-refractivity contribution in [3.05, 3.63) is 41.7 Å². The van der Waals surface area contributed by atoms with Gasteiger partial charge >= 0.3 is 0 Å². The number of aryl methyl sites for hydroxylation is 1. The van der Waals surface area contributed by atoms with E-state index in [1.807, 2.05) is 6.92 Å². The van der Waals surface area contributed by atoms with Crippen LogP contribution in [0.2, 0.25) is 0 Å². The Morgan fingerprint density at radius 2 is 1.74 bits per heavy atom. The fourth-order valence-corrected chi connectivity index (χ4v) is 4.60. The van der Waals surface area contributed by atoms with E-state index in [-0.39, 0.29) is 5.79 Å². The molecule has 1 atom stereocenters. The van der Waals surface area contributed by atoms with Gasteiger partial charge in [-0.2, -0.15) is 0 Å². The van der Waals surface area contributed by atoms with E-state index in [1.54, 1.807) is 0 Å². The zero-order valence-corrected chi connectivity index (χ0v) is 16.0. The molecule has 0 radical (unpaired) electrons. The van der Waals surface area contributed by atoms with Gasteiger partial charge in [-0.15, -0.1) is 0 Å². The number of hydrogen-bond acceptors (Lipinski definition) is 6. The molecule has 6 heteroatoms. The predicted molar refractivity (Wildman–Crippen MR) is 105 cm³/mol. The van der Waals surface area contributed by atoms with Crippen molar-refractivity contribution < 1.29 is 9.47 Å². The summed E-state index contributed by atoms with van der Waals surface area (Å²) in [4.78, 5) is 14.2. The summed E-state index contributed by atoms with van der Waals surface area (Å²) in [6.45, 7) is 7.45. The van der Waals surface area contributed by atoms with E-state index >= 15 is 0 Å². The number of hydrogen-bond donors (Lipinski definition) is 0. The number of fused-ring (bicyclic) bond motifs is 1. The van der Waals surface area contributed by atoms with Gasteiger partial charge in [-0.05, 0) is 31.9 Å². The molecule has 6 nitrogen and oxygen atoms in total. The third kappa shape index (κ3) is 2.97. The fraction of sp³-hybridized carbons (Fsp3) is 0.524. The van der Waals surface area contributed by atoms with Gasteiger partial charge in [0, 0.05) is 43.7 Å². The molecule has 27 heavy (non-hydrogen) atoms. The summed E-state index contributed by atoms with van der Waals surface area (Å²) in [7, 11) is 0. The number of benzene rings is 1. The highest BCUT2D eigenvalue weighted by molar-refractivity contribution is 5.70. The molecule has 0 bridgehead atoms. The van der Waals surface area contributed by atoms with E-state index in [0.29, 0.717) is 19.3 Å². The molecule has 0 N–H and O–H groups in total. The quantitative estimate of drug-likeness (QED) is 0.813. The van der Waals surface area contributed by atoms with Gasteiger partial charge in [0.25, 0.3) is 0 Å². The Hall–Kier alpha value is -2.18. The number of para-hydroxylation sites is 1. The van der Waals surface area contributed by atoms with Crippen LogP contribution in [0.3, 0.4) is 0 Å². The third-order valence-electron chi connectivity index (χ3n) is 5.93. The lowest BCUT2D eigenvalue weighted by molar-refractivity contribution is -0.169. The Bertz CT molecular complexity index is 840. The van der Waals surface area contributed by atoms with E-state index in [9.17, 15) is 0 Å². The molecule has 2 fully saturated rings. The van der Waals surface area contributed by atoms with Crippen LogP contribution < -0.4 is 9.80 Å². The summed E-state index contributed by atoms with van der Waals surface area (Å²) in [5, 5.41) is 0. The van der Waals surface area contributed by atoms with Crippen molar-refractivity contribution in [2.75, 3.05) is 36.1 Å². The molecule has 1 unspecified atom stereocenters. The van der Waals surface area contributed by atoms with E-state index in [4.69, 9.17) is 19.4 Å². The first kappa shape index (κ1) is 17.0. The van der Waals surface area contributed by atoms with Crippen LogP contribution in [0.25, 0.3) is 0 Å². The molecule has 1 spiro atoms. The fourth-order valence-electron chi connectivity index (χ4n) is 4.60. The second-order valence-corrected chi connectivity index (χ2v) is 7.78. The molecule has 4 heterocycles. The zero-order chi connectivity index (χ0) is 18.4. The molecule has 0 amide bonds. The van der Waals surface area contributed by atoms with Crippen LogP contribution in [0, 0.1) is 6.92 Å². The maximum Gasteiger partial charge on any atom is 0.171 e. The van der Waals surface area contributed by atoms with Crippen molar-refractivity contribution in [2.45, 2.75) is 44.9 Å². The molecule has 0 aliphatic carbocycles. The third-order valence-corrected chi connectivity index (χ3v) is 5.93. The van der Waals surface area contributed by atoms with Crippen LogP contribution in [0.15, 0.2) is 30.3 Å². The lowest BCUT2D eigenvalue weighted by Gasteiger charge is -2.38. The summed E-state index contributed by atoms with van der Waals surface area (Å²) in [6.07, 6.45) is 2.82. The van der Waals surface area contributed by atoms with Crippen molar-refractivity contribution in [2.24, 2.45) is 0 Å². The first-order chi connectivity index (χ1) is 13.1. The second-order valence-electron chi connectivity index (χ2n) is 7.78. The largest absolute Gasteiger partial charge is 0.356 e. The van der Waals surface area contributed by atoms with Crippen molar-refractivity contribution >= 4 is 17.3 Å². The van der Waals surface area contributed by atoms with Crippen LogP contribution >= 0.6 is 0 Å². The Kier molecular flexibility index (Phi) is 4.06. The van der Waals surface area contributed by atoms with Gasteiger partial charge in [0.05, 0.1) is 13.2 Å². The molecule has 0 saturated carbocycles. The number of nitrogens with zero attached hydrogens (tertiary/aromatic N) is 4. The van der Waals surface area contributed by atoms with Crippen LogP contribution in [-0.4, -0.2) is 48.1 Å². The molecule has 2 aromatic rings. The van der Waals surface area contributed by atoms with Crippen molar-refractivity contribution in [3.63, 3.8) is 0 Å². The molecule has 3 aliphatic heterocycles. The van der Waals surface area contributed by atoms with E-state index < -0.39 is 0 Å². The highest BCUT2D eigenvalue weighted by atomic mass is 16.7. The molecule has 5 rings (SSSR count). The number of rotatable bonds is 2. The highest BCUT2D eigenvalue weighted by Gasteiger charge is 2.40. The van der Waals surface area contributed by atoms with Gasteiger partial charge in [-0.3, -0.25) is 0 Å². The minimum Gasteiger partial charge on any atom is -0.356 e. The Morgan fingerprint density at radius 3 is 2.52 bits per heavy atom. The first-order valence-electron chi connectivity index (χ1n) is 9.89. The van der Waals surface area contributed by atoms with Gasteiger partial charge in [0.15, 0.2) is 5.79 Å². The normalized spacial score (nSPS) is 23.9. The van der Waals surface area contributed by atoms with E-state index in [1.165, 1.54) is 11.3 Å². The monoisotopic (exact) mass is 366 g/mol. The molecule has 2 saturated heterocycles. The van der Waals surface area contributed by atoms with Gasteiger partial charge in [-0.25, -0.2) is 9.97 Å². The number of anilines is 3. The van der Waals surface area contributed by atoms with Crippen LogP contribution in [-0.2, 0) is 15.9 Å². The van der Waals surface area contributed by atoms with Gasteiger partial charge in [0.2, 0.25) is 0 Å². The average Bonchev–Trinajstić information content (AvgIpc) is 3.25. The summed E-state index contributed by atoms with van der Waals surface area (Å²) < 4.78 is 11.7. The molecular formula is C21H26N4O2. The van der Waals surface area contributed by atoms with Gasteiger partial charge < -0.3 is 19.3 Å².